The van der Waals surface area contributed by atoms with Crippen molar-refractivity contribution in [1.82, 2.24) is 4.90 Å². The van der Waals surface area contributed by atoms with Gasteiger partial charge < -0.3 is 10.0 Å². The van der Waals surface area contributed by atoms with Crippen molar-refractivity contribution < 1.29 is 14.7 Å². The van der Waals surface area contributed by atoms with Gasteiger partial charge in [-0.3, -0.25) is 9.59 Å². The van der Waals surface area contributed by atoms with E-state index in [4.69, 9.17) is 11.6 Å². The Morgan fingerprint density at radius 2 is 1.92 bits per heavy atom. The number of carbonyl (C=O) groups excluding carboxylic acids is 2. The highest BCUT2D eigenvalue weighted by molar-refractivity contribution is 6.30. The molecule has 5 heteroatoms. The molecule has 0 saturated heterocycles. The van der Waals surface area contributed by atoms with Gasteiger partial charge in [-0.1, -0.05) is 50.9 Å². The lowest BCUT2D eigenvalue weighted by molar-refractivity contribution is -0.129. The van der Waals surface area contributed by atoms with Crippen LogP contribution >= 0.6 is 11.6 Å². The van der Waals surface area contributed by atoms with Gasteiger partial charge in [-0.2, -0.15) is 0 Å². The lowest BCUT2D eigenvalue weighted by atomic mass is 9.92. The number of nitrogens with zero attached hydrogens (tertiary/aromatic N) is 1. The number of hydrogen-bond donors (Lipinski definition) is 1. The molecule has 0 spiro atoms. The number of rotatable bonds is 7. The predicted molar refractivity (Wildman–Crippen MR) is 94.9 cm³/mol. The summed E-state index contributed by atoms with van der Waals surface area (Å²) in [4.78, 5) is 26.8. The highest BCUT2D eigenvalue weighted by Crippen LogP contribution is 2.39. The minimum absolute atomic E-state index is 0.156. The number of hydrogen-bond acceptors (Lipinski definition) is 3. The molecule has 1 aliphatic rings. The van der Waals surface area contributed by atoms with Crippen molar-refractivity contribution >= 4 is 23.3 Å². The molecule has 0 saturated carbocycles. The summed E-state index contributed by atoms with van der Waals surface area (Å²) >= 11 is 5.95. The first-order chi connectivity index (χ1) is 11.4. The minimum Gasteiger partial charge on any atom is -0.503 e. The van der Waals surface area contributed by atoms with Gasteiger partial charge in [0, 0.05) is 18.0 Å². The number of amides is 1. The van der Waals surface area contributed by atoms with Crippen molar-refractivity contribution in [3.8, 4) is 0 Å². The fourth-order valence-electron chi connectivity index (χ4n) is 2.97. The summed E-state index contributed by atoms with van der Waals surface area (Å²) < 4.78 is 0. The maximum Gasteiger partial charge on any atom is 0.290 e. The average molecular weight is 350 g/mol. The van der Waals surface area contributed by atoms with Crippen molar-refractivity contribution in [1.29, 1.82) is 0 Å². The van der Waals surface area contributed by atoms with Gasteiger partial charge >= 0.3 is 0 Å². The van der Waals surface area contributed by atoms with Crippen LogP contribution in [0.25, 0.3) is 0 Å². The molecule has 1 atom stereocenters. The van der Waals surface area contributed by atoms with Crippen LogP contribution in [-0.2, 0) is 9.59 Å². The summed E-state index contributed by atoms with van der Waals surface area (Å²) in [5.74, 6) is -0.884. The van der Waals surface area contributed by atoms with E-state index in [9.17, 15) is 14.7 Å². The van der Waals surface area contributed by atoms with Crippen LogP contribution in [0.1, 0.15) is 51.6 Å². The maximum atomic E-state index is 12.7. The largest absolute Gasteiger partial charge is 0.503 e. The first-order valence-corrected chi connectivity index (χ1v) is 8.77. The first-order valence-electron chi connectivity index (χ1n) is 8.39. The minimum atomic E-state index is -0.535. The number of unbranched alkanes of at least 4 members (excludes halogenated alkanes) is 1. The highest BCUT2D eigenvalue weighted by atomic mass is 35.5. The van der Waals surface area contributed by atoms with Crippen molar-refractivity contribution in [3.63, 3.8) is 0 Å². The number of aliphatic hydroxyl groups is 1. The van der Waals surface area contributed by atoms with Gasteiger partial charge in [-0.25, -0.2) is 0 Å². The Kier molecular flexibility index (Phi) is 6.05. The molecule has 0 bridgehead atoms. The maximum absolute atomic E-state index is 12.7. The number of carbonyl (C=O) groups is 2. The van der Waals surface area contributed by atoms with Crippen LogP contribution in [0.15, 0.2) is 35.6 Å². The fraction of sp³-hybridized carbons (Fsp3) is 0.474. The number of Topliss-reactive ketones (excluding diaryl/α,β-unsaturated/α-hetero) is 1. The molecule has 0 aromatic heterocycles. The number of aliphatic hydroxyl groups excluding tert-OH is 1. The zero-order chi connectivity index (χ0) is 17.9. The quantitative estimate of drug-likeness (QED) is 0.791. The molecule has 1 aromatic carbocycles. The average Bonchev–Trinajstić information content (AvgIpc) is 2.77. The fourth-order valence-corrected chi connectivity index (χ4v) is 3.10. The molecule has 1 unspecified atom stereocenters. The Morgan fingerprint density at radius 1 is 1.29 bits per heavy atom. The van der Waals surface area contributed by atoms with Crippen LogP contribution in [0, 0.1) is 5.92 Å². The monoisotopic (exact) mass is 349 g/mol. The molecule has 2 rings (SSSR count). The van der Waals surface area contributed by atoms with Crippen LogP contribution < -0.4 is 0 Å². The van der Waals surface area contributed by atoms with Crippen LogP contribution in [0.2, 0.25) is 5.02 Å². The lowest BCUT2D eigenvalue weighted by Gasteiger charge is -2.27. The van der Waals surface area contributed by atoms with Crippen molar-refractivity contribution in [2.45, 2.75) is 46.1 Å². The van der Waals surface area contributed by atoms with Crippen molar-refractivity contribution in [2.75, 3.05) is 6.54 Å². The van der Waals surface area contributed by atoms with E-state index in [0.717, 1.165) is 18.4 Å². The van der Waals surface area contributed by atoms with E-state index in [1.807, 2.05) is 20.8 Å². The van der Waals surface area contributed by atoms with Gasteiger partial charge in [0.2, 0.25) is 0 Å². The van der Waals surface area contributed by atoms with E-state index in [2.05, 4.69) is 0 Å². The van der Waals surface area contributed by atoms with Gasteiger partial charge in [-0.15, -0.1) is 0 Å². The smallest absolute Gasteiger partial charge is 0.290 e. The second-order valence-electron chi connectivity index (χ2n) is 6.59. The Hall–Kier alpha value is -1.81. The topological polar surface area (TPSA) is 57.6 Å². The predicted octanol–water partition coefficient (Wildman–Crippen LogP) is 4.45. The molecule has 0 fully saturated rings. The summed E-state index contributed by atoms with van der Waals surface area (Å²) in [6.07, 6.45) is 2.04. The molecule has 1 heterocycles. The van der Waals surface area contributed by atoms with Crippen LogP contribution in [0.4, 0.5) is 0 Å². The molecule has 4 nitrogen and oxygen atoms in total. The number of benzene rings is 1. The Bertz CT molecular complexity index is 649. The second kappa shape index (κ2) is 7.84. The zero-order valence-corrected chi connectivity index (χ0v) is 15.1. The SMILES string of the molecule is CCCCN1C(=O)C(O)=C(C(=O)CC(C)C)C1c1ccc(Cl)cc1. The van der Waals surface area contributed by atoms with E-state index >= 15 is 0 Å². The molecule has 0 radical (unpaired) electrons. The summed E-state index contributed by atoms with van der Waals surface area (Å²) in [5.41, 5.74) is 1.01. The molecule has 130 valence electrons. The lowest BCUT2D eigenvalue weighted by Crippen LogP contribution is -2.32. The Balaban J connectivity index is 2.45. The van der Waals surface area contributed by atoms with E-state index < -0.39 is 17.7 Å². The summed E-state index contributed by atoms with van der Waals surface area (Å²) in [7, 11) is 0. The van der Waals surface area contributed by atoms with Gasteiger partial charge in [-0.05, 0) is 30.0 Å². The third-order valence-corrected chi connectivity index (χ3v) is 4.39. The molecular formula is C19H24ClNO3. The third kappa shape index (κ3) is 3.81. The van der Waals surface area contributed by atoms with Crippen molar-refractivity contribution in [3.05, 3.63) is 46.2 Å². The Morgan fingerprint density at radius 3 is 2.46 bits per heavy atom. The summed E-state index contributed by atoms with van der Waals surface area (Å²) in [6, 6.07) is 6.55. The van der Waals surface area contributed by atoms with Gasteiger partial charge in [0.15, 0.2) is 11.5 Å². The summed E-state index contributed by atoms with van der Waals surface area (Å²) in [6.45, 7) is 6.43. The van der Waals surface area contributed by atoms with Crippen molar-refractivity contribution in [2.24, 2.45) is 5.92 Å². The second-order valence-corrected chi connectivity index (χ2v) is 7.03. The molecule has 1 amide bonds. The summed E-state index contributed by atoms with van der Waals surface area (Å²) in [5, 5.41) is 10.9. The van der Waals surface area contributed by atoms with E-state index in [-0.39, 0.29) is 17.3 Å². The van der Waals surface area contributed by atoms with Crippen LogP contribution in [0.5, 0.6) is 0 Å². The number of halogens is 1. The van der Waals surface area contributed by atoms with Gasteiger partial charge in [0.25, 0.3) is 5.91 Å². The van der Waals surface area contributed by atoms with Gasteiger partial charge in [0.1, 0.15) is 0 Å². The first kappa shape index (κ1) is 18.5. The molecule has 0 aliphatic carbocycles. The number of ketones is 1. The molecule has 1 aromatic rings. The molecular weight excluding hydrogens is 326 g/mol. The van der Waals surface area contributed by atoms with Gasteiger partial charge in [0.05, 0.1) is 11.6 Å². The molecule has 24 heavy (non-hydrogen) atoms. The Labute approximate surface area is 148 Å². The third-order valence-electron chi connectivity index (χ3n) is 4.14. The van der Waals surface area contributed by atoms with E-state index in [0.29, 0.717) is 18.0 Å². The van der Waals surface area contributed by atoms with E-state index in [1.165, 1.54) is 0 Å². The van der Waals surface area contributed by atoms with E-state index in [1.54, 1.807) is 29.2 Å². The standard InChI is InChI=1S/C19H24ClNO3/c1-4-5-10-21-17(13-6-8-14(20)9-7-13)16(18(23)19(21)24)15(22)11-12(2)3/h6-9,12,17,23H,4-5,10-11H2,1-3H3. The van der Waals surface area contributed by atoms with Crippen LogP contribution in [0.3, 0.4) is 0 Å². The molecule has 1 N–H and O–H groups in total. The highest BCUT2D eigenvalue weighted by Gasteiger charge is 2.42. The zero-order valence-electron chi connectivity index (χ0n) is 14.4. The van der Waals surface area contributed by atoms with Crippen LogP contribution in [-0.4, -0.2) is 28.2 Å². The molecule has 1 aliphatic heterocycles. The normalized spacial score (nSPS) is 18.0.